The zero-order chi connectivity index (χ0) is 24.4. The maximum atomic E-state index is 12.6. The largest absolute Gasteiger partial charge is 0.441 e. The SMILES string of the molecule is Cc1nsc(-c2ccc(-c3ccc(C4(C=O)CC4)cc3)cc2)c1NC(=O)O[C@H](C)c1ccccc1. The second-order valence-corrected chi connectivity index (χ2v) is 9.76. The van der Waals surface area contributed by atoms with Gasteiger partial charge in [-0.2, -0.15) is 4.37 Å². The molecule has 1 aliphatic rings. The number of carbonyl (C=O) groups excluding carboxylic acids is 2. The molecule has 3 aromatic carbocycles. The summed E-state index contributed by atoms with van der Waals surface area (Å²) in [6.45, 7) is 3.72. The Labute approximate surface area is 209 Å². The molecule has 1 saturated carbocycles. The molecule has 35 heavy (non-hydrogen) atoms. The first-order valence-corrected chi connectivity index (χ1v) is 12.4. The van der Waals surface area contributed by atoms with Crippen LogP contribution in [0.2, 0.25) is 0 Å². The van der Waals surface area contributed by atoms with Crippen molar-refractivity contribution in [1.29, 1.82) is 0 Å². The van der Waals surface area contributed by atoms with Gasteiger partial charge in [0.1, 0.15) is 12.4 Å². The van der Waals surface area contributed by atoms with Crippen LogP contribution in [0.25, 0.3) is 21.6 Å². The molecule has 1 amide bonds. The fraction of sp³-hybridized carbons (Fsp3) is 0.207. The highest BCUT2D eigenvalue weighted by atomic mass is 32.1. The summed E-state index contributed by atoms with van der Waals surface area (Å²) in [5, 5.41) is 2.89. The van der Waals surface area contributed by atoms with E-state index < -0.39 is 6.09 Å². The van der Waals surface area contributed by atoms with Crippen LogP contribution in [0, 0.1) is 6.92 Å². The van der Waals surface area contributed by atoms with Gasteiger partial charge in [-0.05, 0) is 66.0 Å². The molecular formula is C29H26N2O3S. The van der Waals surface area contributed by atoms with Crippen molar-refractivity contribution >= 4 is 29.6 Å². The van der Waals surface area contributed by atoms with Gasteiger partial charge >= 0.3 is 6.09 Å². The van der Waals surface area contributed by atoms with Crippen molar-refractivity contribution in [3.63, 3.8) is 0 Å². The zero-order valence-electron chi connectivity index (χ0n) is 19.7. The van der Waals surface area contributed by atoms with E-state index in [1.54, 1.807) is 0 Å². The topological polar surface area (TPSA) is 68.3 Å². The standard InChI is InChI=1S/C29H26N2O3S/c1-19-26(30-28(33)34-20(2)21-6-4-3-5-7-21)27(35-31-19)24-10-8-22(9-11-24)23-12-14-25(15-13-23)29(18-32)16-17-29/h3-15,18,20H,16-17H2,1-2H3,(H,30,33)/t20-/m1/s1. The van der Waals surface area contributed by atoms with E-state index in [0.717, 1.165) is 57.5 Å². The molecule has 4 aromatic rings. The number of hydrogen-bond donors (Lipinski definition) is 1. The Morgan fingerprint density at radius 2 is 1.57 bits per heavy atom. The number of carbonyl (C=O) groups is 2. The Bertz CT molecular complexity index is 1340. The predicted octanol–water partition coefficient (Wildman–Crippen LogP) is 7.33. The van der Waals surface area contributed by atoms with E-state index in [2.05, 4.69) is 46.1 Å². The Hall–Kier alpha value is -3.77. The van der Waals surface area contributed by atoms with E-state index in [4.69, 9.17) is 4.74 Å². The maximum Gasteiger partial charge on any atom is 0.412 e. The van der Waals surface area contributed by atoms with E-state index in [9.17, 15) is 9.59 Å². The number of amides is 1. The van der Waals surface area contributed by atoms with Gasteiger partial charge in [-0.3, -0.25) is 5.32 Å². The molecule has 0 aliphatic heterocycles. The number of anilines is 1. The number of hydrogen-bond acceptors (Lipinski definition) is 5. The Kier molecular flexibility index (Phi) is 6.22. The lowest BCUT2D eigenvalue weighted by atomic mass is 9.95. The van der Waals surface area contributed by atoms with Gasteiger partial charge in [0.15, 0.2) is 0 Å². The van der Waals surface area contributed by atoms with Gasteiger partial charge < -0.3 is 9.53 Å². The fourth-order valence-electron chi connectivity index (χ4n) is 4.22. The fourth-order valence-corrected chi connectivity index (χ4v) is 5.07. The average molecular weight is 483 g/mol. The lowest BCUT2D eigenvalue weighted by Crippen LogP contribution is -2.16. The highest BCUT2D eigenvalue weighted by molar-refractivity contribution is 7.10. The number of aldehydes is 1. The lowest BCUT2D eigenvalue weighted by molar-refractivity contribution is -0.109. The number of rotatable bonds is 7. The first kappa shape index (κ1) is 23.0. The van der Waals surface area contributed by atoms with E-state index in [1.807, 2.05) is 56.3 Å². The molecule has 1 aromatic heterocycles. The number of nitrogens with zero attached hydrogens (tertiary/aromatic N) is 1. The molecule has 0 radical (unpaired) electrons. The third-order valence-electron chi connectivity index (χ3n) is 6.60. The van der Waals surface area contributed by atoms with Crippen LogP contribution in [0.1, 0.15) is 42.7 Å². The second-order valence-electron chi connectivity index (χ2n) is 8.98. The smallest absolute Gasteiger partial charge is 0.412 e. The minimum atomic E-state index is -0.508. The third-order valence-corrected chi connectivity index (χ3v) is 7.58. The van der Waals surface area contributed by atoms with Crippen molar-refractivity contribution in [2.24, 2.45) is 0 Å². The van der Waals surface area contributed by atoms with Crippen LogP contribution >= 0.6 is 11.5 Å². The van der Waals surface area contributed by atoms with Gasteiger partial charge in [0.2, 0.25) is 0 Å². The van der Waals surface area contributed by atoms with Gasteiger partial charge in [-0.1, -0.05) is 78.9 Å². The third kappa shape index (κ3) is 4.75. The molecule has 1 fully saturated rings. The maximum absolute atomic E-state index is 12.6. The van der Waals surface area contributed by atoms with Crippen molar-refractivity contribution in [3.05, 3.63) is 95.7 Å². The molecule has 5 rings (SSSR count). The van der Waals surface area contributed by atoms with Crippen LogP contribution in [0.5, 0.6) is 0 Å². The van der Waals surface area contributed by atoms with E-state index in [1.165, 1.54) is 11.5 Å². The minimum Gasteiger partial charge on any atom is -0.441 e. The summed E-state index contributed by atoms with van der Waals surface area (Å²) in [4.78, 5) is 24.9. The van der Waals surface area contributed by atoms with Crippen LogP contribution in [0.4, 0.5) is 10.5 Å². The van der Waals surface area contributed by atoms with Crippen molar-refractivity contribution in [1.82, 2.24) is 4.37 Å². The second kappa shape index (κ2) is 9.47. The minimum absolute atomic E-state index is 0.254. The first-order valence-electron chi connectivity index (χ1n) is 11.7. The van der Waals surface area contributed by atoms with Crippen molar-refractivity contribution in [2.45, 2.75) is 38.2 Å². The van der Waals surface area contributed by atoms with E-state index >= 15 is 0 Å². The summed E-state index contributed by atoms with van der Waals surface area (Å²) < 4.78 is 10.0. The number of aromatic nitrogens is 1. The molecule has 0 unspecified atom stereocenters. The van der Waals surface area contributed by atoms with Crippen LogP contribution in [0.3, 0.4) is 0 Å². The van der Waals surface area contributed by atoms with Crippen molar-refractivity contribution < 1.29 is 14.3 Å². The van der Waals surface area contributed by atoms with Gasteiger partial charge in [-0.15, -0.1) is 0 Å². The number of benzene rings is 3. The first-order chi connectivity index (χ1) is 17.0. The highest BCUT2D eigenvalue weighted by Crippen LogP contribution is 2.46. The van der Waals surface area contributed by atoms with Crippen LogP contribution < -0.4 is 5.32 Å². The summed E-state index contributed by atoms with van der Waals surface area (Å²) in [5.74, 6) is 0. The van der Waals surface area contributed by atoms with Crippen LogP contribution in [0.15, 0.2) is 78.9 Å². The number of aryl methyl sites for hydroxylation is 1. The van der Waals surface area contributed by atoms with E-state index in [-0.39, 0.29) is 11.5 Å². The van der Waals surface area contributed by atoms with Gasteiger partial charge in [-0.25, -0.2) is 4.79 Å². The molecule has 1 N–H and O–H groups in total. The average Bonchev–Trinajstić information content (AvgIpc) is 3.62. The molecule has 6 heteroatoms. The van der Waals surface area contributed by atoms with Crippen LogP contribution in [-0.2, 0) is 14.9 Å². The van der Waals surface area contributed by atoms with Crippen LogP contribution in [-0.4, -0.2) is 16.8 Å². The van der Waals surface area contributed by atoms with E-state index in [0.29, 0.717) is 5.69 Å². The van der Waals surface area contributed by atoms with Gasteiger partial charge in [0, 0.05) is 0 Å². The van der Waals surface area contributed by atoms with Crippen molar-refractivity contribution in [2.75, 3.05) is 5.32 Å². The molecule has 0 saturated heterocycles. The molecular weight excluding hydrogens is 456 g/mol. The summed E-state index contributed by atoms with van der Waals surface area (Å²) in [5.41, 5.74) is 6.35. The summed E-state index contributed by atoms with van der Waals surface area (Å²) >= 11 is 1.35. The number of nitrogens with one attached hydrogen (secondary N) is 1. The molecule has 0 spiro atoms. The Balaban J connectivity index is 1.30. The highest BCUT2D eigenvalue weighted by Gasteiger charge is 2.44. The molecule has 1 aliphatic carbocycles. The van der Waals surface area contributed by atoms with Gasteiger partial charge in [0.05, 0.1) is 21.7 Å². The van der Waals surface area contributed by atoms with Crippen molar-refractivity contribution in [3.8, 4) is 21.6 Å². The summed E-state index contributed by atoms with van der Waals surface area (Å²) in [6.07, 6.45) is 2.09. The molecule has 0 bridgehead atoms. The Morgan fingerprint density at radius 1 is 0.971 bits per heavy atom. The predicted molar refractivity (Wildman–Crippen MR) is 140 cm³/mol. The molecule has 1 atom stereocenters. The molecule has 1 heterocycles. The lowest BCUT2D eigenvalue weighted by Gasteiger charge is -2.15. The molecule has 5 nitrogen and oxygen atoms in total. The van der Waals surface area contributed by atoms with Gasteiger partial charge in [0.25, 0.3) is 0 Å². The number of ether oxygens (including phenoxy) is 1. The molecule has 176 valence electrons. The zero-order valence-corrected chi connectivity index (χ0v) is 20.5. The normalized spacial score (nSPS) is 14.7. The Morgan fingerprint density at radius 3 is 2.17 bits per heavy atom. The monoisotopic (exact) mass is 482 g/mol. The summed E-state index contributed by atoms with van der Waals surface area (Å²) in [7, 11) is 0. The quantitative estimate of drug-likeness (QED) is 0.280. The summed E-state index contributed by atoms with van der Waals surface area (Å²) in [6, 6.07) is 26.1.